The zero-order valence-electron chi connectivity index (χ0n) is 12.9. The molecule has 1 rings (SSSR count). The van der Waals surface area contributed by atoms with Crippen LogP contribution in [0.1, 0.15) is 58.1 Å². The van der Waals surface area contributed by atoms with E-state index in [0.717, 1.165) is 18.3 Å². The van der Waals surface area contributed by atoms with Gasteiger partial charge in [0.15, 0.2) is 0 Å². The van der Waals surface area contributed by atoms with Gasteiger partial charge in [-0.05, 0) is 50.4 Å². The summed E-state index contributed by atoms with van der Waals surface area (Å²) in [5.74, 6) is 1.68. The molecular weight excluding hydrogens is 234 g/mol. The zero-order chi connectivity index (χ0) is 14.1. The molecule has 0 aliphatic carbocycles. The third-order valence-electron chi connectivity index (χ3n) is 3.65. The number of nitrogens with one attached hydrogen (secondary N) is 1. The molecule has 2 heteroatoms. The van der Waals surface area contributed by atoms with Crippen LogP contribution in [0.2, 0.25) is 0 Å². The lowest BCUT2D eigenvalue weighted by atomic mass is 9.86. The normalized spacial score (nSPS) is 12.7. The fourth-order valence-corrected chi connectivity index (χ4v) is 2.83. The highest BCUT2D eigenvalue weighted by molar-refractivity contribution is 5.29. The number of benzene rings is 1. The Morgan fingerprint density at radius 3 is 2.00 bits per heavy atom. The van der Waals surface area contributed by atoms with E-state index in [1.54, 1.807) is 0 Å². The van der Waals surface area contributed by atoms with Crippen molar-refractivity contribution in [1.29, 1.82) is 0 Å². The van der Waals surface area contributed by atoms with Crippen molar-refractivity contribution in [2.45, 2.75) is 52.5 Å². The summed E-state index contributed by atoms with van der Waals surface area (Å²) in [6.07, 6.45) is 5.07. The number of ether oxygens (including phenoxy) is 1. The van der Waals surface area contributed by atoms with E-state index in [9.17, 15) is 0 Å². The van der Waals surface area contributed by atoms with Gasteiger partial charge in [-0.3, -0.25) is 0 Å². The fraction of sp³-hybridized carbons (Fsp3) is 0.647. The van der Waals surface area contributed by atoms with Crippen LogP contribution in [-0.4, -0.2) is 13.7 Å². The average molecular weight is 263 g/mol. The lowest BCUT2D eigenvalue weighted by molar-refractivity contribution is 0.328. The highest BCUT2D eigenvalue weighted by atomic mass is 16.5. The molecule has 2 nitrogen and oxygen atoms in total. The van der Waals surface area contributed by atoms with Gasteiger partial charge in [-0.2, -0.15) is 0 Å². The molecule has 0 fully saturated rings. The van der Waals surface area contributed by atoms with E-state index in [0.29, 0.717) is 6.04 Å². The molecule has 108 valence electrons. The van der Waals surface area contributed by atoms with Crippen molar-refractivity contribution < 1.29 is 4.74 Å². The minimum Gasteiger partial charge on any atom is -0.494 e. The summed E-state index contributed by atoms with van der Waals surface area (Å²) in [5, 5.41) is 3.50. The molecule has 0 bridgehead atoms. The van der Waals surface area contributed by atoms with Crippen LogP contribution in [-0.2, 0) is 0 Å². The molecule has 0 aliphatic heterocycles. The van der Waals surface area contributed by atoms with Crippen LogP contribution in [0.25, 0.3) is 0 Å². The first kappa shape index (κ1) is 16.0. The van der Waals surface area contributed by atoms with Gasteiger partial charge in [0.2, 0.25) is 0 Å². The number of hydrogen-bond acceptors (Lipinski definition) is 2. The van der Waals surface area contributed by atoms with E-state index in [1.807, 2.05) is 6.92 Å². The summed E-state index contributed by atoms with van der Waals surface area (Å²) in [4.78, 5) is 0. The van der Waals surface area contributed by atoms with Crippen molar-refractivity contribution in [2.24, 2.45) is 5.92 Å². The van der Waals surface area contributed by atoms with E-state index in [1.165, 1.54) is 31.2 Å². The Kier molecular flexibility index (Phi) is 7.57. The number of rotatable bonds is 9. The highest BCUT2D eigenvalue weighted by Crippen LogP contribution is 2.30. The second-order valence-corrected chi connectivity index (χ2v) is 5.11. The van der Waals surface area contributed by atoms with Crippen molar-refractivity contribution in [3.05, 3.63) is 29.8 Å². The monoisotopic (exact) mass is 263 g/mol. The topological polar surface area (TPSA) is 21.3 Å². The maximum atomic E-state index is 5.51. The van der Waals surface area contributed by atoms with Crippen LogP contribution in [0.3, 0.4) is 0 Å². The molecule has 0 heterocycles. The molecule has 0 aliphatic rings. The maximum absolute atomic E-state index is 5.51. The van der Waals surface area contributed by atoms with Crippen LogP contribution >= 0.6 is 0 Å². The highest BCUT2D eigenvalue weighted by Gasteiger charge is 2.20. The van der Waals surface area contributed by atoms with Gasteiger partial charge in [0.1, 0.15) is 5.75 Å². The molecule has 1 aromatic carbocycles. The van der Waals surface area contributed by atoms with E-state index in [2.05, 4.69) is 50.5 Å². The Bertz CT molecular complexity index is 328. The third-order valence-corrected chi connectivity index (χ3v) is 3.65. The Morgan fingerprint density at radius 2 is 1.58 bits per heavy atom. The third kappa shape index (κ3) is 4.87. The molecule has 0 saturated heterocycles. The lowest BCUT2D eigenvalue weighted by Crippen LogP contribution is -2.25. The first-order valence-corrected chi connectivity index (χ1v) is 7.66. The second kappa shape index (κ2) is 8.98. The van der Waals surface area contributed by atoms with Gasteiger partial charge in [0.05, 0.1) is 6.61 Å². The molecule has 1 unspecified atom stereocenters. The van der Waals surface area contributed by atoms with Gasteiger partial charge >= 0.3 is 0 Å². The van der Waals surface area contributed by atoms with Gasteiger partial charge in [0.25, 0.3) is 0 Å². The summed E-state index contributed by atoms with van der Waals surface area (Å²) >= 11 is 0. The molecule has 1 N–H and O–H groups in total. The number of hydrogen-bond donors (Lipinski definition) is 1. The lowest BCUT2D eigenvalue weighted by Gasteiger charge is -2.27. The zero-order valence-corrected chi connectivity index (χ0v) is 12.9. The van der Waals surface area contributed by atoms with E-state index >= 15 is 0 Å². The molecular formula is C17H29NO. The van der Waals surface area contributed by atoms with Crippen LogP contribution in [0, 0.1) is 5.92 Å². The Morgan fingerprint density at radius 1 is 1.00 bits per heavy atom. The van der Waals surface area contributed by atoms with Crippen molar-refractivity contribution in [3.8, 4) is 5.75 Å². The van der Waals surface area contributed by atoms with Crippen LogP contribution in [0.5, 0.6) is 5.75 Å². The Balaban J connectivity index is 2.81. The molecule has 1 atom stereocenters. The SMILES string of the molecule is CCCC(CCC)C(NC)c1ccc(OCC)cc1. The molecule has 0 aromatic heterocycles. The first-order valence-electron chi connectivity index (χ1n) is 7.66. The Hall–Kier alpha value is -1.02. The summed E-state index contributed by atoms with van der Waals surface area (Å²) in [6.45, 7) is 7.28. The van der Waals surface area contributed by atoms with Crippen LogP contribution in [0.15, 0.2) is 24.3 Å². The smallest absolute Gasteiger partial charge is 0.119 e. The Labute approximate surface area is 118 Å². The predicted octanol–water partition coefficient (Wildman–Crippen LogP) is 4.56. The van der Waals surface area contributed by atoms with Crippen molar-refractivity contribution in [2.75, 3.05) is 13.7 Å². The minimum atomic E-state index is 0.454. The van der Waals surface area contributed by atoms with E-state index < -0.39 is 0 Å². The summed E-state index contributed by atoms with van der Waals surface area (Å²) < 4.78 is 5.51. The minimum absolute atomic E-state index is 0.454. The summed E-state index contributed by atoms with van der Waals surface area (Å²) in [7, 11) is 2.07. The first-order chi connectivity index (χ1) is 9.26. The van der Waals surface area contributed by atoms with Gasteiger partial charge in [-0.1, -0.05) is 38.8 Å². The molecule has 19 heavy (non-hydrogen) atoms. The second-order valence-electron chi connectivity index (χ2n) is 5.11. The van der Waals surface area contributed by atoms with E-state index in [4.69, 9.17) is 4.74 Å². The molecule has 0 amide bonds. The average Bonchev–Trinajstić information content (AvgIpc) is 2.42. The largest absolute Gasteiger partial charge is 0.494 e. The van der Waals surface area contributed by atoms with Crippen molar-refractivity contribution in [3.63, 3.8) is 0 Å². The standard InChI is InChI=1S/C17H29NO/c1-5-8-14(9-6-2)17(18-4)15-10-12-16(13-11-15)19-7-3/h10-14,17-18H,5-9H2,1-4H3. The molecule has 1 aromatic rings. The van der Waals surface area contributed by atoms with E-state index in [-0.39, 0.29) is 0 Å². The van der Waals surface area contributed by atoms with Crippen LogP contribution < -0.4 is 10.1 Å². The fourth-order valence-electron chi connectivity index (χ4n) is 2.83. The molecule has 0 radical (unpaired) electrons. The van der Waals surface area contributed by atoms with Crippen LogP contribution in [0.4, 0.5) is 0 Å². The quantitative estimate of drug-likeness (QED) is 0.705. The molecule has 0 spiro atoms. The van der Waals surface area contributed by atoms with Crippen molar-refractivity contribution >= 4 is 0 Å². The van der Waals surface area contributed by atoms with Crippen molar-refractivity contribution in [1.82, 2.24) is 5.32 Å². The predicted molar refractivity (Wildman–Crippen MR) is 82.7 cm³/mol. The maximum Gasteiger partial charge on any atom is 0.119 e. The molecule has 0 saturated carbocycles. The van der Waals surface area contributed by atoms with Gasteiger partial charge < -0.3 is 10.1 Å². The summed E-state index contributed by atoms with van der Waals surface area (Å²) in [6, 6.07) is 9.01. The van der Waals surface area contributed by atoms with Gasteiger partial charge in [-0.25, -0.2) is 0 Å². The van der Waals surface area contributed by atoms with Gasteiger partial charge in [-0.15, -0.1) is 0 Å². The van der Waals surface area contributed by atoms with Gasteiger partial charge in [0, 0.05) is 6.04 Å². The summed E-state index contributed by atoms with van der Waals surface area (Å²) in [5.41, 5.74) is 1.37.